The van der Waals surface area contributed by atoms with Crippen molar-refractivity contribution in [2.75, 3.05) is 39.5 Å². The highest BCUT2D eigenvalue weighted by molar-refractivity contribution is 5.77. The SMILES string of the molecule is CCN(CC(=O)N(C)C)Cc1cccnc1NC. The van der Waals surface area contributed by atoms with Crippen LogP contribution in [-0.2, 0) is 11.3 Å². The second kappa shape index (κ2) is 6.96. The number of hydrogen-bond donors (Lipinski definition) is 1. The Bertz CT molecular complexity index is 392. The number of rotatable bonds is 6. The monoisotopic (exact) mass is 250 g/mol. The molecule has 0 aliphatic rings. The molecule has 0 fully saturated rings. The summed E-state index contributed by atoms with van der Waals surface area (Å²) >= 11 is 0. The molecule has 1 aromatic heterocycles. The highest BCUT2D eigenvalue weighted by Gasteiger charge is 2.12. The molecule has 18 heavy (non-hydrogen) atoms. The summed E-state index contributed by atoms with van der Waals surface area (Å²) in [5, 5.41) is 3.07. The average Bonchev–Trinajstić information content (AvgIpc) is 2.38. The van der Waals surface area contributed by atoms with Gasteiger partial charge in [0.2, 0.25) is 5.91 Å². The molecule has 0 unspecified atom stereocenters. The molecule has 0 spiro atoms. The first-order valence-corrected chi connectivity index (χ1v) is 6.12. The molecular weight excluding hydrogens is 228 g/mol. The summed E-state index contributed by atoms with van der Waals surface area (Å²) in [6.07, 6.45) is 1.76. The van der Waals surface area contributed by atoms with Crippen LogP contribution < -0.4 is 5.32 Å². The number of aromatic nitrogens is 1. The number of nitrogens with zero attached hydrogens (tertiary/aromatic N) is 3. The molecule has 0 bridgehead atoms. The first-order chi connectivity index (χ1) is 8.58. The molecule has 1 N–H and O–H groups in total. The van der Waals surface area contributed by atoms with Crippen LogP contribution in [-0.4, -0.2) is 54.9 Å². The van der Waals surface area contributed by atoms with E-state index in [9.17, 15) is 4.79 Å². The van der Waals surface area contributed by atoms with Gasteiger partial charge in [0, 0.05) is 39.4 Å². The minimum absolute atomic E-state index is 0.117. The summed E-state index contributed by atoms with van der Waals surface area (Å²) in [5.41, 5.74) is 1.11. The van der Waals surface area contributed by atoms with Crippen molar-refractivity contribution in [2.45, 2.75) is 13.5 Å². The third-order valence-electron chi connectivity index (χ3n) is 2.83. The second-order valence-corrected chi connectivity index (χ2v) is 4.35. The molecule has 0 aliphatic heterocycles. The maximum atomic E-state index is 11.7. The van der Waals surface area contributed by atoms with Gasteiger partial charge in [-0.3, -0.25) is 9.69 Å². The standard InChI is InChI=1S/C13H22N4O/c1-5-17(10-12(18)16(3)4)9-11-7-6-8-15-13(11)14-2/h6-8H,5,9-10H2,1-4H3,(H,14,15). The Morgan fingerprint density at radius 2 is 2.17 bits per heavy atom. The summed E-state index contributed by atoms with van der Waals surface area (Å²) in [4.78, 5) is 19.7. The van der Waals surface area contributed by atoms with Gasteiger partial charge in [-0.2, -0.15) is 0 Å². The van der Waals surface area contributed by atoms with Crippen LogP contribution in [0.3, 0.4) is 0 Å². The lowest BCUT2D eigenvalue weighted by atomic mass is 10.2. The lowest BCUT2D eigenvalue weighted by molar-refractivity contribution is -0.130. The molecule has 0 aliphatic carbocycles. The Morgan fingerprint density at radius 3 is 2.72 bits per heavy atom. The first-order valence-electron chi connectivity index (χ1n) is 6.12. The van der Waals surface area contributed by atoms with Crippen LogP contribution in [0.2, 0.25) is 0 Å². The van der Waals surface area contributed by atoms with Crippen molar-refractivity contribution in [3.63, 3.8) is 0 Å². The van der Waals surface area contributed by atoms with Crippen molar-refractivity contribution in [3.8, 4) is 0 Å². The normalized spacial score (nSPS) is 10.5. The Morgan fingerprint density at radius 1 is 1.44 bits per heavy atom. The van der Waals surface area contributed by atoms with Crippen molar-refractivity contribution < 1.29 is 4.79 Å². The van der Waals surface area contributed by atoms with Crippen LogP contribution in [0.1, 0.15) is 12.5 Å². The van der Waals surface area contributed by atoms with Gasteiger partial charge in [-0.05, 0) is 12.6 Å². The van der Waals surface area contributed by atoms with E-state index in [0.29, 0.717) is 6.54 Å². The van der Waals surface area contributed by atoms with Crippen LogP contribution in [0.5, 0.6) is 0 Å². The topological polar surface area (TPSA) is 48.5 Å². The molecule has 1 aromatic rings. The summed E-state index contributed by atoms with van der Waals surface area (Å²) in [6.45, 7) is 4.04. The van der Waals surface area contributed by atoms with Crippen molar-refractivity contribution in [2.24, 2.45) is 0 Å². The fourth-order valence-electron chi connectivity index (χ4n) is 1.64. The molecule has 5 nitrogen and oxygen atoms in total. The maximum absolute atomic E-state index is 11.7. The maximum Gasteiger partial charge on any atom is 0.236 e. The fraction of sp³-hybridized carbons (Fsp3) is 0.538. The van der Waals surface area contributed by atoms with Gasteiger partial charge in [-0.15, -0.1) is 0 Å². The Balaban J connectivity index is 2.70. The van der Waals surface area contributed by atoms with Crippen LogP contribution in [0, 0.1) is 0 Å². The predicted octanol–water partition coefficient (Wildman–Crippen LogP) is 1.03. The number of nitrogens with one attached hydrogen (secondary N) is 1. The fourth-order valence-corrected chi connectivity index (χ4v) is 1.64. The molecule has 0 atom stereocenters. The zero-order valence-corrected chi connectivity index (χ0v) is 11.6. The summed E-state index contributed by atoms with van der Waals surface area (Å²) in [5.74, 6) is 0.986. The zero-order valence-electron chi connectivity index (χ0n) is 11.6. The largest absolute Gasteiger partial charge is 0.373 e. The minimum Gasteiger partial charge on any atom is -0.373 e. The number of amides is 1. The molecule has 0 saturated heterocycles. The van der Waals surface area contributed by atoms with Gasteiger partial charge < -0.3 is 10.2 Å². The van der Waals surface area contributed by atoms with Gasteiger partial charge in [0.15, 0.2) is 0 Å². The van der Waals surface area contributed by atoms with Gasteiger partial charge in [0.1, 0.15) is 5.82 Å². The molecule has 1 heterocycles. The lowest BCUT2D eigenvalue weighted by Gasteiger charge is -2.22. The summed E-state index contributed by atoms with van der Waals surface area (Å²) < 4.78 is 0. The van der Waals surface area contributed by atoms with E-state index in [4.69, 9.17) is 0 Å². The molecular formula is C13H22N4O. The van der Waals surface area contributed by atoms with E-state index >= 15 is 0 Å². The highest BCUT2D eigenvalue weighted by Crippen LogP contribution is 2.13. The van der Waals surface area contributed by atoms with E-state index in [1.165, 1.54) is 0 Å². The number of hydrogen-bond acceptors (Lipinski definition) is 4. The Kier molecular flexibility index (Phi) is 5.58. The van der Waals surface area contributed by atoms with Crippen molar-refractivity contribution in [3.05, 3.63) is 23.9 Å². The van der Waals surface area contributed by atoms with Crippen molar-refractivity contribution >= 4 is 11.7 Å². The van der Waals surface area contributed by atoms with E-state index in [0.717, 1.165) is 24.5 Å². The Hall–Kier alpha value is -1.62. The molecule has 1 amide bonds. The van der Waals surface area contributed by atoms with E-state index in [2.05, 4.69) is 22.1 Å². The molecule has 100 valence electrons. The number of pyridine rings is 1. The van der Waals surface area contributed by atoms with Crippen LogP contribution >= 0.6 is 0 Å². The van der Waals surface area contributed by atoms with Crippen molar-refractivity contribution in [1.82, 2.24) is 14.8 Å². The molecule has 0 aromatic carbocycles. The number of anilines is 1. The van der Waals surface area contributed by atoms with Gasteiger partial charge in [0.25, 0.3) is 0 Å². The second-order valence-electron chi connectivity index (χ2n) is 4.35. The van der Waals surface area contributed by atoms with Crippen molar-refractivity contribution in [1.29, 1.82) is 0 Å². The molecule has 0 saturated carbocycles. The Labute approximate surface area is 109 Å². The number of likely N-dealkylation sites (N-methyl/N-ethyl adjacent to an activating group) is 2. The molecule has 5 heteroatoms. The van der Waals surface area contributed by atoms with Gasteiger partial charge in [-0.1, -0.05) is 13.0 Å². The van der Waals surface area contributed by atoms with Crippen LogP contribution in [0.25, 0.3) is 0 Å². The van der Waals surface area contributed by atoms with E-state index in [1.807, 2.05) is 19.2 Å². The minimum atomic E-state index is 0.117. The third kappa shape index (κ3) is 4.00. The summed E-state index contributed by atoms with van der Waals surface area (Å²) in [6, 6.07) is 3.94. The van der Waals surface area contributed by atoms with Gasteiger partial charge in [-0.25, -0.2) is 4.98 Å². The lowest BCUT2D eigenvalue weighted by Crippen LogP contribution is -2.36. The molecule has 0 radical (unpaired) electrons. The van der Waals surface area contributed by atoms with Gasteiger partial charge in [0.05, 0.1) is 6.54 Å². The van der Waals surface area contributed by atoms with E-state index in [-0.39, 0.29) is 5.91 Å². The molecule has 1 rings (SSSR count). The average molecular weight is 250 g/mol. The van der Waals surface area contributed by atoms with Crippen LogP contribution in [0.4, 0.5) is 5.82 Å². The highest BCUT2D eigenvalue weighted by atomic mass is 16.2. The first kappa shape index (κ1) is 14.4. The zero-order chi connectivity index (χ0) is 13.5. The third-order valence-corrected chi connectivity index (χ3v) is 2.83. The predicted molar refractivity (Wildman–Crippen MR) is 73.4 cm³/mol. The van der Waals surface area contributed by atoms with E-state index < -0.39 is 0 Å². The number of carbonyl (C=O) groups excluding carboxylic acids is 1. The smallest absolute Gasteiger partial charge is 0.236 e. The number of carbonyl (C=O) groups is 1. The van der Waals surface area contributed by atoms with Gasteiger partial charge >= 0.3 is 0 Å². The van der Waals surface area contributed by atoms with Crippen LogP contribution in [0.15, 0.2) is 18.3 Å². The summed E-state index contributed by atoms with van der Waals surface area (Å²) in [7, 11) is 5.41. The van der Waals surface area contributed by atoms with E-state index in [1.54, 1.807) is 25.2 Å². The quantitative estimate of drug-likeness (QED) is 0.819.